The summed E-state index contributed by atoms with van der Waals surface area (Å²) in [6.07, 6.45) is 9.96. The first-order valence-electron chi connectivity index (χ1n) is 24.1. The molecule has 6 aromatic rings. The van der Waals surface area contributed by atoms with E-state index in [0.29, 0.717) is 92.4 Å². The minimum absolute atomic E-state index is 0.0126. The van der Waals surface area contributed by atoms with E-state index in [-0.39, 0.29) is 36.3 Å². The van der Waals surface area contributed by atoms with Crippen LogP contribution in [0.3, 0.4) is 0 Å². The molecule has 2 fully saturated rings. The van der Waals surface area contributed by atoms with Crippen LogP contribution in [0, 0.1) is 24.5 Å². The van der Waals surface area contributed by atoms with Crippen LogP contribution >= 0.6 is 0 Å². The number of nitrogens with zero attached hydrogens (tertiary/aromatic N) is 9. The zero-order valence-corrected chi connectivity index (χ0v) is 40.2. The number of anilines is 2. The van der Waals surface area contributed by atoms with Crippen molar-refractivity contribution in [1.82, 2.24) is 38.4 Å². The predicted octanol–water partition coefficient (Wildman–Crippen LogP) is 5.29. The van der Waals surface area contributed by atoms with Gasteiger partial charge in [0, 0.05) is 139 Å². The maximum atomic E-state index is 16.1. The van der Waals surface area contributed by atoms with Crippen LogP contribution < -0.4 is 26.8 Å². The monoisotopic (exact) mass is 954 g/mol. The molecule has 0 aliphatic carbocycles. The number of carbonyl (C=O) groups is 3. The van der Waals surface area contributed by atoms with Crippen LogP contribution in [-0.2, 0) is 23.7 Å². The number of fused-ring (bicyclic) bond motifs is 2. The van der Waals surface area contributed by atoms with Gasteiger partial charge in [-0.1, -0.05) is 6.08 Å². The lowest BCUT2D eigenvalue weighted by molar-refractivity contribution is -0.432. The molecule has 10 rings (SSSR count). The second-order valence-corrected chi connectivity index (χ2v) is 19.2. The maximum absolute atomic E-state index is 16.1. The Labute approximate surface area is 403 Å². The number of hydrogen-bond acceptors (Lipinski definition) is 10. The molecular formula is C52H58F2N11O5+. The lowest BCUT2D eigenvalue weighted by atomic mass is 9.92. The van der Waals surface area contributed by atoms with E-state index in [0.717, 1.165) is 52.2 Å². The molecule has 0 radical (unpaired) electrons. The number of imidazole rings is 1. The highest BCUT2D eigenvalue weighted by Gasteiger charge is 2.34. The number of imide groups is 1. The topological polar surface area (TPSA) is 155 Å². The second-order valence-electron chi connectivity index (χ2n) is 19.2. The molecule has 4 aliphatic heterocycles. The van der Waals surface area contributed by atoms with Gasteiger partial charge in [0.15, 0.2) is 6.54 Å². The van der Waals surface area contributed by atoms with Gasteiger partial charge in [0.2, 0.25) is 11.8 Å². The van der Waals surface area contributed by atoms with Crippen LogP contribution in [0.2, 0.25) is 0 Å². The quantitative estimate of drug-likeness (QED) is 0.137. The standard InChI is InChI=1S/C52H57F2N11O5/c1-31-24-35(25-39(54)48(31)34-11-17-61(18-12-34)32(2)42-27-37-40(8-14-56-49(37)58(42)4)64-19-13-36(55-3)26-47(64)67)51(69)63-15-9-33(10-16-63)30-60-20-22-62(23-21-60)43-29-44-45(28-38(43)53)65(52(70)59(44)5)41-6-7-46(66)57-50(41)68/h8,11,13-15,19,24-29,32-33,41H,6-7,9-10,12,16-18,20-23,30H2,1-5H3,(H-,55,57,66,67,68)/p+1/t32-,33?,41?/m0/s1. The van der Waals surface area contributed by atoms with Gasteiger partial charge in [0.25, 0.3) is 5.56 Å². The van der Waals surface area contributed by atoms with Crippen LogP contribution in [0.1, 0.15) is 78.3 Å². The maximum Gasteiger partial charge on any atom is 0.419 e. The SMILES string of the molecule is CNc1ccn(-c2ccnc3c2cc([C@H](C)N2CC=C(c4c(C)cc(C(=O)[N+]5=CCC(CN6CCN(c7cc8c(cc7F)n(C7CCC(=O)NC7=O)c(=O)n8C)CC6)CC5)cc4F)CC2)n3C)c(=O)c1. The summed E-state index contributed by atoms with van der Waals surface area (Å²) in [6, 6.07) is 12.7. The highest BCUT2D eigenvalue weighted by molar-refractivity contribution is 6.00. The molecule has 70 heavy (non-hydrogen) atoms. The number of nitrogens with one attached hydrogen (secondary N) is 2. The average Bonchev–Trinajstić information content (AvgIpc) is 3.82. The Bertz CT molecular complexity index is 3280. The molecule has 4 aliphatic rings. The van der Waals surface area contributed by atoms with Crippen molar-refractivity contribution in [1.29, 1.82) is 0 Å². The van der Waals surface area contributed by atoms with Crippen molar-refractivity contribution in [2.24, 2.45) is 20.0 Å². The number of hydrogen-bond donors (Lipinski definition) is 2. The average molecular weight is 955 g/mol. The van der Waals surface area contributed by atoms with E-state index >= 15 is 8.78 Å². The molecule has 3 atom stereocenters. The molecule has 18 heteroatoms. The first kappa shape index (κ1) is 46.7. The summed E-state index contributed by atoms with van der Waals surface area (Å²) in [5.41, 5.74) is 6.53. The minimum atomic E-state index is -0.888. The summed E-state index contributed by atoms with van der Waals surface area (Å²) in [4.78, 5) is 75.8. The van der Waals surface area contributed by atoms with Crippen molar-refractivity contribution in [3.63, 3.8) is 0 Å². The fourth-order valence-corrected chi connectivity index (χ4v) is 11.1. The number of halogens is 2. The first-order valence-corrected chi connectivity index (χ1v) is 24.1. The minimum Gasteiger partial charge on any atom is -0.388 e. The number of piperidine rings is 1. The molecule has 4 aromatic heterocycles. The number of aromatic nitrogens is 5. The number of pyridine rings is 2. The molecule has 3 amide bonds. The van der Waals surface area contributed by atoms with Gasteiger partial charge in [-0.05, 0) is 80.1 Å². The third-order valence-corrected chi connectivity index (χ3v) is 15.1. The van der Waals surface area contributed by atoms with Crippen molar-refractivity contribution < 1.29 is 27.7 Å². The number of benzene rings is 2. The van der Waals surface area contributed by atoms with Crippen molar-refractivity contribution in [3.8, 4) is 5.69 Å². The van der Waals surface area contributed by atoms with E-state index in [1.807, 2.05) is 43.3 Å². The Morgan fingerprint density at radius 1 is 0.914 bits per heavy atom. The number of aryl methyl sites for hydroxylation is 3. The Morgan fingerprint density at radius 3 is 2.40 bits per heavy atom. The van der Waals surface area contributed by atoms with Crippen molar-refractivity contribution >= 4 is 63.0 Å². The lowest BCUT2D eigenvalue weighted by Crippen LogP contribution is -2.48. The van der Waals surface area contributed by atoms with Crippen LogP contribution in [0.25, 0.3) is 33.3 Å². The van der Waals surface area contributed by atoms with Gasteiger partial charge in [-0.15, -0.1) is 0 Å². The zero-order valence-electron chi connectivity index (χ0n) is 40.2. The number of rotatable bonds is 10. The molecule has 364 valence electrons. The summed E-state index contributed by atoms with van der Waals surface area (Å²) in [5.74, 6) is -1.71. The zero-order chi connectivity index (χ0) is 49.1. The van der Waals surface area contributed by atoms with Gasteiger partial charge >= 0.3 is 11.6 Å². The van der Waals surface area contributed by atoms with Crippen LogP contribution in [0.4, 0.5) is 20.2 Å². The third kappa shape index (κ3) is 8.46. The fraction of sp³-hybridized carbons (Fsp3) is 0.404. The van der Waals surface area contributed by atoms with E-state index in [9.17, 15) is 24.0 Å². The third-order valence-electron chi connectivity index (χ3n) is 15.1. The Morgan fingerprint density at radius 2 is 1.71 bits per heavy atom. The van der Waals surface area contributed by atoms with Crippen LogP contribution in [0.15, 0.2) is 76.6 Å². The van der Waals surface area contributed by atoms with E-state index in [1.54, 1.807) is 47.8 Å². The number of amides is 3. The van der Waals surface area contributed by atoms with Gasteiger partial charge < -0.3 is 14.8 Å². The Hall–Kier alpha value is -7.05. The molecule has 2 unspecified atom stereocenters. The van der Waals surface area contributed by atoms with E-state index < -0.39 is 29.3 Å². The van der Waals surface area contributed by atoms with Crippen molar-refractivity contribution in [2.45, 2.75) is 58.0 Å². The molecule has 2 saturated heterocycles. The smallest absolute Gasteiger partial charge is 0.388 e. The predicted molar refractivity (Wildman–Crippen MR) is 265 cm³/mol. The number of piperazine rings is 1. The lowest BCUT2D eigenvalue weighted by Gasteiger charge is -2.37. The van der Waals surface area contributed by atoms with Crippen molar-refractivity contribution in [3.05, 3.63) is 122 Å². The van der Waals surface area contributed by atoms with Gasteiger partial charge in [0.05, 0.1) is 28.0 Å². The van der Waals surface area contributed by atoms with E-state index in [1.165, 1.54) is 21.3 Å². The Kier molecular flexibility index (Phi) is 12.5. The molecule has 0 bridgehead atoms. The van der Waals surface area contributed by atoms with Gasteiger partial charge in [-0.25, -0.2) is 23.4 Å². The second kappa shape index (κ2) is 18.7. The number of carbonyl (C=O) groups excluding carboxylic acids is 3. The summed E-state index contributed by atoms with van der Waals surface area (Å²) in [7, 11) is 5.37. The molecule has 0 spiro atoms. The summed E-state index contributed by atoms with van der Waals surface area (Å²) < 4.78 is 40.0. The van der Waals surface area contributed by atoms with Crippen LogP contribution in [-0.4, -0.2) is 121 Å². The van der Waals surface area contributed by atoms with Gasteiger partial charge in [-0.2, -0.15) is 4.58 Å². The van der Waals surface area contributed by atoms with E-state index in [2.05, 4.69) is 49.1 Å². The fourth-order valence-electron chi connectivity index (χ4n) is 11.1. The molecule has 16 nitrogen and oxygen atoms in total. The summed E-state index contributed by atoms with van der Waals surface area (Å²) >= 11 is 0. The largest absolute Gasteiger partial charge is 0.419 e. The van der Waals surface area contributed by atoms with Gasteiger partial charge in [0.1, 0.15) is 29.5 Å². The molecule has 8 heterocycles. The molecule has 0 saturated carbocycles. The van der Waals surface area contributed by atoms with Crippen molar-refractivity contribution in [2.75, 3.05) is 69.6 Å². The molecule has 2 aromatic carbocycles. The summed E-state index contributed by atoms with van der Waals surface area (Å²) in [5, 5.41) is 6.18. The normalized spacial score (nSPS) is 19.9. The Balaban J connectivity index is 0.747. The van der Waals surface area contributed by atoms with Crippen LogP contribution in [0.5, 0.6) is 0 Å². The van der Waals surface area contributed by atoms with Gasteiger partial charge in [-0.3, -0.25) is 43.2 Å². The molecule has 2 N–H and O–H groups in total. The highest BCUT2D eigenvalue weighted by atomic mass is 19.1. The molecular weight excluding hydrogens is 897 g/mol. The van der Waals surface area contributed by atoms with E-state index in [4.69, 9.17) is 0 Å². The first-order chi connectivity index (χ1) is 33.7. The highest BCUT2D eigenvalue weighted by Crippen LogP contribution is 2.35. The summed E-state index contributed by atoms with van der Waals surface area (Å²) in [6.45, 7) is 9.32.